The molecule has 0 heterocycles. The molecule has 4 aliphatic rings. The molecule has 4 fully saturated rings. The van der Waals surface area contributed by atoms with Crippen LogP contribution in [0.15, 0.2) is 0 Å². The summed E-state index contributed by atoms with van der Waals surface area (Å²) in [4.78, 5) is 0. The molecule has 0 aromatic rings. The van der Waals surface area contributed by atoms with E-state index in [2.05, 4.69) is 0 Å². The Morgan fingerprint density at radius 1 is 0.355 bits per heavy atom. The van der Waals surface area contributed by atoms with Crippen molar-refractivity contribution in [2.24, 2.45) is 0 Å². The largest absolute Gasteiger partial charge is 2.00 e. The van der Waals surface area contributed by atoms with Gasteiger partial charge in [0.1, 0.15) is 0 Å². The van der Waals surface area contributed by atoms with E-state index >= 15 is 0 Å². The van der Waals surface area contributed by atoms with Crippen LogP contribution in [-0.4, -0.2) is 35.0 Å². The maximum absolute atomic E-state index is 1.71. The Bertz CT molecular complexity index is 353. The molecule has 0 bridgehead atoms. The van der Waals surface area contributed by atoms with Crippen molar-refractivity contribution in [3.8, 4) is 0 Å². The van der Waals surface area contributed by atoms with Gasteiger partial charge in [-0.25, -0.2) is 0 Å². The van der Waals surface area contributed by atoms with Gasteiger partial charge in [-0.2, -0.15) is 0 Å². The van der Waals surface area contributed by atoms with Gasteiger partial charge in [0.25, 0.3) is 0 Å². The van der Waals surface area contributed by atoms with Crippen molar-refractivity contribution in [2.75, 3.05) is 12.3 Å². The molecular formula is C26H48I2NiP2. The first-order valence-electron chi connectivity index (χ1n) is 13.4. The molecule has 0 saturated heterocycles. The minimum absolute atomic E-state index is 0. The Kier molecular flexibility index (Phi) is 18.6. The summed E-state index contributed by atoms with van der Waals surface area (Å²) in [6, 6.07) is 0. The van der Waals surface area contributed by atoms with Crippen molar-refractivity contribution in [1.29, 1.82) is 0 Å². The van der Waals surface area contributed by atoms with Crippen LogP contribution in [0.5, 0.6) is 0 Å². The number of rotatable bonds is 7. The standard InChI is InChI=1S/C26H48P2.2HI.Ni/c1-5-13-23(14-6-1)27(24-15-7-2-8-16-24)21-22-28(25-17-9-3-10-18-25)26-19-11-4-12-20-26;;;/h23-26H,1-22H2;2*1H;/q;;;+2/p-2. The second-order valence-electron chi connectivity index (χ2n) is 10.6. The zero-order valence-electron chi connectivity index (χ0n) is 19.8. The van der Waals surface area contributed by atoms with Crippen LogP contribution in [0.25, 0.3) is 0 Å². The summed E-state index contributed by atoms with van der Waals surface area (Å²) < 4.78 is 0. The van der Waals surface area contributed by atoms with Crippen LogP contribution in [0.4, 0.5) is 0 Å². The molecule has 186 valence electrons. The Morgan fingerprint density at radius 2 is 0.548 bits per heavy atom. The van der Waals surface area contributed by atoms with E-state index in [1.165, 1.54) is 22.6 Å². The molecule has 4 rings (SSSR count). The van der Waals surface area contributed by atoms with Gasteiger partial charge in [0.05, 0.1) is 0 Å². The molecule has 0 aromatic carbocycles. The third-order valence-electron chi connectivity index (χ3n) is 8.79. The van der Waals surface area contributed by atoms with Crippen molar-refractivity contribution in [3.63, 3.8) is 0 Å². The topological polar surface area (TPSA) is 0 Å². The average Bonchev–Trinajstić information content (AvgIpc) is 2.79. The summed E-state index contributed by atoms with van der Waals surface area (Å²) in [7, 11) is 0.689. The van der Waals surface area contributed by atoms with Crippen molar-refractivity contribution in [3.05, 3.63) is 0 Å². The second-order valence-corrected chi connectivity index (χ2v) is 16.5. The number of hydrogen-bond donors (Lipinski definition) is 0. The van der Waals surface area contributed by atoms with Crippen molar-refractivity contribution in [2.45, 2.75) is 151 Å². The van der Waals surface area contributed by atoms with E-state index in [9.17, 15) is 0 Å². The molecule has 4 aliphatic carbocycles. The molecule has 0 N–H and O–H groups in total. The molecule has 0 nitrogen and oxygen atoms in total. The predicted molar refractivity (Wildman–Crippen MR) is 131 cm³/mol. The van der Waals surface area contributed by atoms with Crippen molar-refractivity contribution in [1.82, 2.24) is 0 Å². The molecule has 31 heavy (non-hydrogen) atoms. The minimum atomic E-state index is 0. The first-order chi connectivity index (χ1) is 13.9. The van der Waals surface area contributed by atoms with Gasteiger partial charge >= 0.3 is 16.5 Å². The Balaban J connectivity index is 0.00000160. The molecule has 0 radical (unpaired) electrons. The van der Waals surface area contributed by atoms with Gasteiger partial charge in [0, 0.05) is 0 Å². The van der Waals surface area contributed by atoms with Gasteiger partial charge in [0.15, 0.2) is 0 Å². The molecule has 0 aromatic heterocycles. The maximum Gasteiger partial charge on any atom is 2.00 e. The molecule has 0 unspecified atom stereocenters. The van der Waals surface area contributed by atoms with Crippen molar-refractivity contribution >= 4 is 15.8 Å². The van der Waals surface area contributed by atoms with Crippen LogP contribution in [-0.2, 0) is 16.5 Å². The maximum atomic E-state index is 1.71. The number of hydrogen-bond acceptors (Lipinski definition) is 0. The Morgan fingerprint density at radius 3 is 0.742 bits per heavy atom. The van der Waals surface area contributed by atoms with Crippen LogP contribution in [0.2, 0.25) is 0 Å². The molecule has 0 spiro atoms. The van der Waals surface area contributed by atoms with Gasteiger partial charge in [-0.05, 0) is 86.3 Å². The monoisotopic (exact) mass is 734 g/mol. The molecular weight excluding hydrogens is 687 g/mol. The van der Waals surface area contributed by atoms with E-state index in [0.717, 1.165) is 0 Å². The fourth-order valence-electron chi connectivity index (χ4n) is 7.21. The van der Waals surface area contributed by atoms with Gasteiger partial charge in [-0.3, -0.25) is 0 Å². The summed E-state index contributed by atoms with van der Waals surface area (Å²) in [5.74, 6) is 0. The van der Waals surface area contributed by atoms with Gasteiger partial charge in [0.2, 0.25) is 0 Å². The summed E-state index contributed by atoms with van der Waals surface area (Å²) >= 11 is 0. The van der Waals surface area contributed by atoms with Crippen LogP contribution in [0.1, 0.15) is 128 Å². The molecule has 0 amide bonds. The molecule has 4 saturated carbocycles. The fraction of sp³-hybridized carbons (Fsp3) is 1.00. The van der Waals surface area contributed by atoms with E-state index in [0.29, 0.717) is 15.8 Å². The summed E-state index contributed by atoms with van der Waals surface area (Å²) in [5.41, 5.74) is 4.73. The second kappa shape index (κ2) is 18.1. The third-order valence-corrected chi connectivity index (χ3v) is 16.4. The molecule has 0 atom stereocenters. The first-order valence-corrected chi connectivity index (χ1v) is 16.8. The van der Waals surface area contributed by atoms with E-state index in [4.69, 9.17) is 0 Å². The molecule has 5 heteroatoms. The summed E-state index contributed by atoms with van der Waals surface area (Å²) in [6.07, 6.45) is 35.1. The normalized spacial score (nSPS) is 25.0. The zero-order chi connectivity index (χ0) is 19.0. The van der Waals surface area contributed by atoms with Crippen LogP contribution in [0, 0.1) is 0 Å². The smallest absolute Gasteiger partial charge is 1.00 e. The van der Waals surface area contributed by atoms with Gasteiger partial charge < -0.3 is 48.0 Å². The van der Waals surface area contributed by atoms with Crippen molar-refractivity contribution < 1.29 is 64.4 Å². The SMILES string of the molecule is C1CCC(P(CCP(C2CCCCC2)C2CCCCC2)C2CCCCC2)CC1.[I-].[I-].[Ni+2]. The van der Waals surface area contributed by atoms with Crippen LogP contribution < -0.4 is 48.0 Å². The van der Waals surface area contributed by atoms with Crippen LogP contribution in [0.3, 0.4) is 0 Å². The fourth-order valence-corrected chi connectivity index (χ4v) is 15.8. The minimum Gasteiger partial charge on any atom is -1.00 e. The Hall–Kier alpha value is 2.81. The number of halogens is 2. The van der Waals surface area contributed by atoms with E-state index < -0.39 is 0 Å². The van der Waals surface area contributed by atoms with Crippen LogP contribution >= 0.6 is 15.8 Å². The molecule has 0 aliphatic heterocycles. The summed E-state index contributed by atoms with van der Waals surface area (Å²) in [6.45, 7) is 0. The first kappa shape index (κ1) is 31.8. The van der Waals surface area contributed by atoms with E-state index in [1.807, 2.05) is 0 Å². The predicted octanol–water partition coefficient (Wildman–Crippen LogP) is 3.29. The third kappa shape index (κ3) is 10.0. The zero-order valence-corrected chi connectivity index (χ0v) is 26.9. The van der Waals surface area contributed by atoms with Gasteiger partial charge in [-0.15, -0.1) is 0 Å². The quantitative estimate of drug-likeness (QED) is 0.214. The van der Waals surface area contributed by atoms with Gasteiger partial charge in [-0.1, -0.05) is 92.9 Å². The van der Waals surface area contributed by atoms with E-state index in [1.54, 1.807) is 141 Å². The summed E-state index contributed by atoms with van der Waals surface area (Å²) in [5, 5.41) is 0. The Labute approximate surface area is 241 Å². The average molecular weight is 735 g/mol. The van der Waals surface area contributed by atoms with E-state index in [-0.39, 0.29) is 64.4 Å².